The maximum atomic E-state index is 12.1. The van der Waals surface area contributed by atoms with E-state index in [1.54, 1.807) is 0 Å². The van der Waals surface area contributed by atoms with Crippen molar-refractivity contribution in [3.8, 4) is 0 Å². The highest BCUT2D eigenvalue weighted by Crippen LogP contribution is 2.13. The summed E-state index contributed by atoms with van der Waals surface area (Å²) in [6.07, 6.45) is 3.55. The molecule has 1 aromatic carbocycles. The number of aliphatic hydroxyl groups is 1. The number of para-hydroxylation sites is 1. The summed E-state index contributed by atoms with van der Waals surface area (Å²) in [6, 6.07) is 9.55. The fourth-order valence-corrected chi connectivity index (χ4v) is 2.39. The monoisotopic (exact) mass is 313 g/mol. The zero-order valence-corrected chi connectivity index (χ0v) is 12.6. The Morgan fingerprint density at radius 1 is 1.26 bits per heavy atom. The van der Waals surface area contributed by atoms with E-state index in [-0.39, 0.29) is 12.5 Å². The standard InChI is InChI=1S/C16H19N5O2/c22-14(20-11-16(23)6-7-17-10-16)12-8-18-15(19-9-12)21-13-4-2-1-3-5-13/h1-5,8-9,17,23H,6-7,10-11H2,(H,20,22)(H,18,19,21)/t16-/m1/s1. The first kappa shape index (κ1) is 15.4. The first-order chi connectivity index (χ1) is 11.1. The number of carbonyl (C=O) groups excluding carboxylic acids is 1. The van der Waals surface area contributed by atoms with Crippen LogP contribution in [0.5, 0.6) is 0 Å². The van der Waals surface area contributed by atoms with Crippen LogP contribution in [0.4, 0.5) is 11.6 Å². The first-order valence-electron chi connectivity index (χ1n) is 7.50. The second kappa shape index (κ2) is 6.72. The Kier molecular flexibility index (Phi) is 4.50. The number of benzene rings is 1. The summed E-state index contributed by atoms with van der Waals surface area (Å²) in [5.74, 6) is 0.128. The van der Waals surface area contributed by atoms with E-state index in [0.717, 1.165) is 12.2 Å². The molecule has 2 heterocycles. The fraction of sp³-hybridized carbons (Fsp3) is 0.312. The Hall–Kier alpha value is -2.51. The summed E-state index contributed by atoms with van der Waals surface area (Å²) in [5, 5.41) is 19.0. The van der Waals surface area contributed by atoms with Crippen molar-refractivity contribution in [1.82, 2.24) is 20.6 Å². The molecule has 0 saturated carbocycles. The molecule has 1 atom stereocenters. The van der Waals surface area contributed by atoms with Crippen molar-refractivity contribution < 1.29 is 9.90 Å². The van der Waals surface area contributed by atoms with Crippen LogP contribution in [0.3, 0.4) is 0 Å². The molecule has 1 aromatic heterocycles. The van der Waals surface area contributed by atoms with Crippen LogP contribution < -0.4 is 16.0 Å². The molecule has 0 radical (unpaired) electrons. The molecule has 4 N–H and O–H groups in total. The van der Waals surface area contributed by atoms with Crippen molar-refractivity contribution >= 4 is 17.5 Å². The number of β-amino-alcohol motifs (C(OH)–C–C–N with tert-alkyl or cyclic N) is 1. The number of aromatic nitrogens is 2. The maximum Gasteiger partial charge on any atom is 0.254 e. The first-order valence-corrected chi connectivity index (χ1v) is 7.50. The van der Waals surface area contributed by atoms with Crippen LogP contribution in [0.2, 0.25) is 0 Å². The Balaban J connectivity index is 1.57. The van der Waals surface area contributed by atoms with Crippen molar-refractivity contribution in [3.05, 3.63) is 48.3 Å². The SMILES string of the molecule is O=C(NC[C@@]1(O)CCNC1)c1cnc(Nc2ccccc2)nc1. The second-order valence-corrected chi connectivity index (χ2v) is 5.62. The number of carbonyl (C=O) groups is 1. The number of anilines is 2. The average molecular weight is 313 g/mol. The molecule has 7 heteroatoms. The number of rotatable bonds is 5. The molecule has 1 saturated heterocycles. The van der Waals surface area contributed by atoms with Crippen LogP contribution in [0, 0.1) is 0 Å². The highest BCUT2D eigenvalue weighted by atomic mass is 16.3. The van der Waals surface area contributed by atoms with Crippen LogP contribution in [0.15, 0.2) is 42.7 Å². The lowest BCUT2D eigenvalue weighted by Crippen LogP contribution is -2.44. The van der Waals surface area contributed by atoms with Crippen molar-refractivity contribution in [2.24, 2.45) is 0 Å². The van der Waals surface area contributed by atoms with Gasteiger partial charge in [-0.05, 0) is 25.1 Å². The maximum absolute atomic E-state index is 12.1. The van der Waals surface area contributed by atoms with E-state index in [9.17, 15) is 9.90 Å². The van der Waals surface area contributed by atoms with Gasteiger partial charge in [0.05, 0.1) is 11.2 Å². The molecule has 0 bridgehead atoms. The van der Waals surface area contributed by atoms with E-state index in [1.807, 2.05) is 30.3 Å². The van der Waals surface area contributed by atoms with Gasteiger partial charge in [-0.15, -0.1) is 0 Å². The summed E-state index contributed by atoms with van der Waals surface area (Å²) in [4.78, 5) is 20.3. The largest absolute Gasteiger partial charge is 0.387 e. The normalized spacial score (nSPS) is 20.2. The number of nitrogens with one attached hydrogen (secondary N) is 3. The van der Waals surface area contributed by atoms with Crippen LogP contribution in [-0.4, -0.2) is 46.2 Å². The minimum absolute atomic E-state index is 0.211. The van der Waals surface area contributed by atoms with Gasteiger partial charge in [-0.3, -0.25) is 4.79 Å². The van der Waals surface area contributed by atoms with E-state index in [2.05, 4.69) is 25.9 Å². The van der Waals surface area contributed by atoms with Crippen molar-refractivity contribution in [3.63, 3.8) is 0 Å². The lowest BCUT2D eigenvalue weighted by Gasteiger charge is -2.21. The molecular formula is C16H19N5O2. The van der Waals surface area contributed by atoms with Crippen LogP contribution >= 0.6 is 0 Å². The highest BCUT2D eigenvalue weighted by molar-refractivity contribution is 5.93. The van der Waals surface area contributed by atoms with Crippen molar-refractivity contribution in [1.29, 1.82) is 0 Å². The van der Waals surface area contributed by atoms with E-state index in [4.69, 9.17) is 0 Å². The van der Waals surface area contributed by atoms with Gasteiger partial charge in [-0.1, -0.05) is 18.2 Å². The van der Waals surface area contributed by atoms with Gasteiger partial charge in [-0.2, -0.15) is 0 Å². The molecular weight excluding hydrogens is 294 g/mol. The van der Waals surface area contributed by atoms with Crippen molar-refractivity contribution in [2.45, 2.75) is 12.0 Å². The molecule has 3 rings (SSSR count). The Bertz CT molecular complexity index is 654. The van der Waals surface area contributed by atoms with Crippen LogP contribution in [0.1, 0.15) is 16.8 Å². The molecule has 23 heavy (non-hydrogen) atoms. The third kappa shape index (κ3) is 4.02. The summed E-state index contributed by atoms with van der Waals surface area (Å²) in [5.41, 5.74) is 0.365. The van der Waals surface area contributed by atoms with Crippen LogP contribution in [0.25, 0.3) is 0 Å². The number of hydrogen-bond acceptors (Lipinski definition) is 6. The summed E-state index contributed by atoms with van der Waals surface area (Å²) in [6.45, 7) is 1.46. The Morgan fingerprint density at radius 3 is 2.65 bits per heavy atom. The lowest BCUT2D eigenvalue weighted by molar-refractivity contribution is 0.0561. The molecule has 1 aliphatic heterocycles. The predicted octanol–water partition coefficient (Wildman–Crippen LogP) is 0.674. The summed E-state index contributed by atoms with van der Waals surface area (Å²) >= 11 is 0. The minimum Gasteiger partial charge on any atom is -0.387 e. The lowest BCUT2D eigenvalue weighted by atomic mass is 10.0. The number of amides is 1. The van der Waals surface area contributed by atoms with E-state index in [1.165, 1.54) is 12.4 Å². The molecule has 0 spiro atoms. The van der Waals surface area contributed by atoms with Crippen LogP contribution in [-0.2, 0) is 0 Å². The zero-order chi connectivity index (χ0) is 16.1. The molecule has 1 aliphatic rings. The Morgan fingerprint density at radius 2 is 2.00 bits per heavy atom. The summed E-state index contributed by atoms with van der Waals surface area (Å²) < 4.78 is 0. The molecule has 0 unspecified atom stereocenters. The second-order valence-electron chi connectivity index (χ2n) is 5.62. The molecule has 7 nitrogen and oxygen atoms in total. The van der Waals surface area contributed by atoms with E-state index in [0.29, 0.717) is 24.5 Å². The van der Waals surface area contributed by atoms with Gasteiger partial charge < -0.3 is 21.1 Å². The third-order valence-electron chi connectivity index (χ3n) is 3.74. The average Bonchev–Trinajstić information content (AvgIpc) is 3.01. The minimum atomic E-state index is -0.870. The van der Waals surface area contributed by atoms with Gasteiger partial charge in [0.15, 0.2) is 0 Å². The van der Waals surface area contributed by atoms with Gasteiger partial charge in [0.2, 0.25) is 5.95 Å². The quantitative estimate of drug-likeness (QED) is 0.648. The van der Waals surface area contributed by atoms with Gasteiger partial charge in [-0.25, -0.2) is 9.97 Å². The molecule has 2 aromatic rings. The van der Waals surface area contributed by atoms with Gasteiger partial charge in [0.1, 0.15) is 0 Å². The fourth-order valence-electron chi connectivity index (χ4n) is 2.39. The Labute approximate surface area is 134 Å². The number of hydrogen-bond donors (Lipinski definition) is 4. The van der Waals surface area contributed by atoms with Gasteiger partial charge >= 0.3 is 0 Å². The van der Waals surface area contributed by atoms with Gasteiger partial charge in [0.25, 0.3) is 5.91 Å². The molecule has 1 fully saturated rings. The van der Waals surface area contributed by atoms with Gasteiger partial charge in [0, 0.05) is 31.2 Å². The third-order valence-corrected chi connectivity index (χ3v) is 3.74. The molecule has 1 amide bonds. The smallest absolute Gasteiger partial charge is 0.254 e. The van der Waals surface area contributed by atoms with E-state index < -0.39 is 5.60 Å². The zero-order valence-electron chi connectivity index (χ0n) is 12.6. The highest BCUT2D eigenvalue weighted by Gasteiger charge is 2.31. The molecule has 120 valence electrons. The predicted molar refractivity (Wildman–Crippen MR) is 86.5 cm³/mol. The molecule has 0 aliphatic carbocycles. The topological polar surface area (TPSA) is 99.2 Å². The number of nitrogens with zero attached hydrogens (tertiary/aromatic N) is 2. The van der Waals surface area contributed by atoms with Crippen molar-refractivity contribution in [2.75, 3.05) is 25.0 Å². The summed E-state index contributed by atoms with van der Waals surface area (Å²) in [7, 11) is 0. The van der Waals surface area contributed by atoms with E-state index >= 15 is 0 Å².